The molecule has 2 aromatic rings. The molecule has 0 aliphatic heterocycles. The van der Waals surface area contributed by atoms with Crippen LogP contribution in [0.5, 0.6) is 0 Å². The summed E-state index contributed by atoms with van der Waals surface area (Å²) in [6.07, 6.45) is 4.00. The van der Waals surface area contributed by atoms with Crippen LogP contribution >= 0.6 is 0 Å². The number of aromatic nitrogens is 2. The van der Waals surface area contributed by atoms with Gasteiger partial charge in [-0.1, -0.05) is 12.1 Å². The first-order valence-electron chi connectivity index (χ1n) is 2.54. The van der Waals surface area contributed by atoms with Crippen LogP contribution in [0.25, 0.3) is 11.2 Å². The molecule has 0 atom stereocenters. The molecule has 0 spiro atoms. The molecule has 2 rings (SSSR count). The molecule has 0 fully saturated rings. The van der Waals surface area contributed by atoms with E-state index in [2.05, 4.69) is 16.4 Å². The van der Waals surface area contributed by atoms with Gasteiger partial charge >= 0.3 is 18.9 Å². The fourth-order valence-corrected chi connectivity index (χ4v) is 0.661. The van der Waals surface area contributed by atoms with Crippen LogP contribution in [-0.2, 0) is 0 Å². The Bertz CT molecular complexity index is 290. The first-order valence-corrected chi connectivity index (χ1v) is 2.54. The first kappa shape index (κ1) is 7.33. The van der Waals surface area contributed by atoms with Crippen molar-refractivity contribution < 1.29 is 23.3 Å². The van der Waals surface area contributed by atoms with Gasteiger partial charge in [0.25, 0.3) is 0 Å². The summed E-state index contributed by atoms with van der Waals surface area (Å²) >= 11 is 0. The summed E-state index contributed by atoms with van der Waals surface area (Å²) in [7, 11) is 0. The van der Waals surface area contributed by atoms with Crippen LogP contribution in [-0.4, -0.2) is 9.97 Å². The van der Waals surface area contributed by atoms with Gasteiger partial charge in [-0.3, -0.25) is 4.98 Å². The maximum atomic E-state index is 4.77. The summed E-state index contributed by atoms with van der Waals surface area (Å²) in [4.78, 5) is 7.65. The molecule has 2 heterocycles. The van der Waals surface area contributed by atoms with Crippen molar-refractivity contribution in [3.8, 4) is 0 Å². The van der Waals surface area contributed by atoms with Gasteiger partial charge in [-0.05, 0) is 5.52 Å². The van der Waals surface area contributed by atoms with Gasteiger partial charge in [0.05, 0.1) is 5.71 Å². The molecule has 0 saturated carbocycles. The zero-order valence-corrected chi connectivity index (χ0v) is 5.53. The topological polar surface area (TPSA) is 38.9 Å². The second-order valence-electron chi connectivity index (χ2n) is 1.63. The van der Waals surface area contributed by atoms with Crippen molar-refractivity contribution >= 4 is 11.2 Å². The smallest absolute Gasteiger partial charge is 0.557 e. The summed E-state index contributed by atoms with van der Waals surface area (Å²) in [5.74, 6) is 0. The Morgan fingerprint density at radius 3 is 3.20 bits per heavy atom. The van der Waals surface area contributed by atoms with E-state index in [1.54, 1.807) is 12.3 Å². The standard InChI is InChI=1S/C6H3N2O.Li/c1-2-5-6(7-3-1)9-4-8-5;/h1-3H;/q-1;+1. The fourth-order valence-electron chi connectivity index (χ4n) is 0.661. The minimum Gasteiger partial charge on any atom is -0.557 e. The van der Waals surface area contributed by atoms with E-state index in [-0.39, 0.29) is 18.9 Å². The number of hydrogen-bond donors (Lipinski definition) is 0. The monoisotopic (exact) mass is 126 g/mol. The predicted molar refractivity (Wildman–Crippen MR) is 30.6 cm³/mol. The average Bonchev–Trinajstić information content (AvgIpc) is 2.33. The number of hydrogen-bond acceptors (Lipinski definition) is 3. The van der Waals surface area contributed by atoms with Gasteiger partial charge in [-0.2, -0.15) is 0 Å². The van der Waals surface area contributed by atoms with Crippen LogP contribution in [0.15, 0.2) is 22.7 Å². The molecule has 0 unspecified atom stereocenters. The molecular weight excluding hydrogens is 123 g/mol. The van der Waals surface area contributed by atoms with Crippen molar-refractivity contribution in [3.05, 3.63) is 24.7 Å². The number of rotatable bonds is 0. The van der Waals surface area contributed by atoms with Gasteiger partial charge in [0.15, 0.2) is 0 Å². The largest absolute Gasteiger partial charge is 1.00 e. The van der Waals surface area contributed by atoms with Crippen LogP contribution < -0.4 is 18.9 Å². The molecular formula is C6H3LiN2O. The molecule has 3 nitrogen and oxygen atoms in total. The molecule has 0 aliphatic rings. The van der Waals surface area contributed by atoms with Crippen molar-refractivity contribution in [1.82, 2.24) is 9.97 Å². The molecule has 0 aliphatic carbocycles. The fraction of sp³-hybridized carbons (Fsp3) is 0. The van der Waals surface area contributed by atoms with Crippen molar-refractivity contribution in [3.63, 3.8) is 0 Å². The van der Waals surface area contributed by atoms with Crippen LogP contribution in [0.2, 0.25) is 0 Å². The third-order valence-electron chi connectivity index (χ3n) is 1.06. The Hall–Kier alpha value is -0.783. The molecule has 0 amide bonds. The van der Waals surface area contributed by atoms with Gasteiger partial charge in [-0.15, -0.1) is 0 Å². The molecule has 10 heavy (non-hydrogen) atoms. The van der Waals surface area contributed by atoms with E-state index in [9.17, 15) is 0 Å². The molecule has 0 radical (unpaired) electrons. The molecule has 0 aromatic carbocycles. The number of oxazole rings is 1. The van der Waals surface area contributed by atoms with E-state index < -0.39 is 0 Å². The first-order chi connectivity index (χ1) is 4.47. The minimum atomic E-state index is 0. The maximum absolute atomic E-state index is 4.77. The Labute approximate surface area is 69.6 Å². The van der Waals surface area contributed by atoms with E-state index in [0.29, 0.717) is 5.71 Å². The molecule has 4 heteroatoms. The van der Waals surface area contributed by atoms with Crippen LogP contribution in [0.3, 0.4) is 0 Å². The Morgan fingerprint density at radius 2 is 2.40 bits per heavy atom. The van der Waals surface area contributed by atoms with Crippen molar-refractivity contribution in [2.24, 2.45) is 0 Å². The van der Waals surface area contributed by atoms with Crippen LogP contribution in [0.1, 0.15) is 0 Å². The Balaban J connectivity index is 0.000000500. The van der Waals surface area contributed by atoms with Gasteiger partial charge in [0, 0.05) is 6.20 Å². The van der Waals surface area contributed by atoms with Crippen molar-refractivity contribution in [1.29, 1.82) is 0 Å². The second-order valence-corrected chi connectivity index (χ2v) is 1.63. The molecule has 0 bridgehead atoms. The van der Waals surface area contributed by atoms with Gasteiger partial charge in [0.1, 0.15) is 6.39 Å². The predicted octanol–water partition coefficient (Wildman–Crippen LogP) is -1.97. The van der Waals surface area contributed by atoms with Crippen molar-refractivity contribution in [2.45, 2.75) is 0 Å². The summed E-state index contributed by atoms with van der Waals surface area (Å²) < 4.78 is 4.77. The zero-order chi connectivity index (χ0) is 6.10. The molecule has 0 saturated heterocycles. The molecule has 44 valence electrons. The number of nitrogens with zero attached hydrogens (tertiary/aromatic N) is 2. The van der Waals surface area contributed by atoms with E-state index >= 15 is 0 Å². The van der Waals surface area contributed by atoms with Gasteiger partial charge in [-0.25, -0.2) is 0 Å². The third kappa shape index (κ3) is 1.06. The quantitative estimate of drug-likeness (QED) is 0.303. The molecule has 0 N–H and O–H groups in total. The Morgan fingerprint density at radius 1 is 1.50 bits per heavy atom. The van der Waals surface area contributed by atoms with Crippen molar-refractivity contribution in [2.75, 3.05) is 0 Å². The maximum Gasteiger partial charge on any atom is 1.00 e. The SMILES string of the molecule is [Li+].[c-]1nc2cccnc2o1. The van der Waals surface area contributed by atoms with Gasteiger partial charge < -0.3 is 9.40 Å². The Kier molecular flexibility index (Phi) is 2.10. The minimum absolute atomic E-state index is 0. The number of pyridine rings is 1. The van der Waals surface area contributed by atoms with E-state index in [1.165, 1.54) is 0 Å². The van der Waals surface area contributed by atoms with Crippen LogP contribution in [0, 0.1) is 6.39 Å². The summed E-state index contributed by atoms with van der Waals surface area (Å²) in [5, 5.41) is 0. The van der Waals surface area contributed by atoms with E-state index in [1.807, 2.05) is 6.07 Å². The normalized spacial score (nSPS) is 9.20. The van der Waals surface area contributed by atoms with E-state index in [0.717, 1.165) is 5.52 Å². The summed E-state index contributed by atoms with van der Waals surface area (Å²) in [5.41, 5.74) is 1.29. The second kappa shape index (κ2) is 2.87. The summed E-state index contributed by atoms with van der Waals surface area (Å²) in [6.45, 7) is 0. The summed E-state index contributed by atoms with van der Waals surface area (Å²) in [6, 6.07) is 3.63. The zero-order valence-electron chi connectivity index (χ0n) is 5.53. The molecule has 2 aromatic heterocycles. The average molecular weight is 126 g/mol. The number of fused-ring (bicyclic) bond motifs is 1. The third-order valence-corrected chi connectivity index (χ3v) is 1.06. The van der Waals surface area contributed by atoms with Gasteiger partial charge in [0.2, 0.25) is 0 Å². The van der Waals surface area contributed by atoms with E-state index in [4.69, 9.17) is 4.42 Å². The van der Waals surface area contributed by atoms with Crippen LogP contribution in [0.4, 0.5) is 0 Å².